The van der Waals surface area contributed by atoms with Gasteiger partial charge in [0, 0.05) is 25.2 Å². The number of nitrogens with two attached hydrogens (primary N) is 1. The Kier molecular flexibility index (Phi) is 6.14. The fourth-order valence-electron chi connectivity index (χ4n) is 4.75. The third-order valence-electron chi connectivity index (χ3n) is 6.18. The second kappa shape index (κ2) is 8.05. The van der Waals surface area contributed by atoms with Gasteiger partial charge in [0.1, 0.15) is 0 Å². The average Bonchev–Trinajstić information content (AvgIpc) is 3.35. The van der Waals surface area contributed by atoms with Crippen molar-refractivity contribution < 1.29 is 18.0 Å². The molecule has 2 saturated heterocycles. The number of aromatic nitrogens is 2. The number of halogens is 1. The number of nitrogens with zero attached hydrogens (tertiary/aromatic N) is 4. The second-order valence-corrected chi connectivity index (χ2v) is 10.4. The number of hydrogen-bond donors (Lipinski definition) is 1. The van der Waals surface area contributed by atoms with Crippen LogP contribution in [-0.2, 0) is 21.4 Å². The van der Waals surface area contributed by atoms with Crippen LogP contribution in [0.3, 0.4) is 0 Å². The smallest absolute Gasteiger partial charge is 0.274 e. The molecule has 11 heteroatoms. The molecule has 166 valence electrons. The SMILES string of the molecule is CC(C)[C@@H]1C(=O)N(S(C)(=O)=O)[C@@H]2CCN(C(=O)c3ncc(C4CC4)nc3CN)[C@H]21.Cl. The molecule has 3 fully saturated rings. The standard InChI is InChI=1S/C19H27N5O4S.ClH/c1-10(2)15-17-14(24(18(15)25)29(3,27)28)6-7-23(17)19(26)16-12(8-20)22-13(9-21-16)11-4-5-11;/h9-11,14-15,17H,4-8,20H2,1-3H3;1H/t14-,15+,17-;/m1./s1. The number of fused-ring (bicyclic) bond motifs is 1. The summed E-state index contributed by atoms with van der Waals surface area (Å²) in [6.07, 6.45) is 5.25. The lowest BCUT2D eigenvalue weighted by molar-refractivity contribution is -0.129. The van der Waals surface area contributed by atoms with Gasteiger partial charge in [-0.1, -0.05) is 13.8 Å². The molecule has 2 N–H and O–H groups in total. The molecule has 3 atom stereocenters. The molecular weight excluding hydrogens is 430 g/mol. The van der Waals surface area contributed by atoms with E-state index < -0.39 is 33.9 Å². The molecule has 9 nitrogen and oxygen atoms in total. The van der Waals surface area contributed by atoms with E-state index >= 15 is 0 Å². The maximum absolute atomic E-state index is 13.4. The molecule has 0 bridgehead atoms. The largest absolute Gasteiger partial charge is 0.331 e. The van der Waals surface area contributed by atoms with Crippen LogP contribution >= 0.6 is 12.4 Å². The minimum absolute atomic E-state index is 0. The van der Waals surface area contributed by atoms with Gasteiger partial charge >= 0.3 is 0 Å². The molecule has 1 aliphatic carbocycles. The minimum Gasteiger partial charge on any atom is -0.331 e. The fourth-order valence-corrected chi connectivity index (χ4v) is 5.92. The molecule has 1 aromatic rings. The summed E-state index contributed by atoms with van der Waals surface area (Å²) in [4.78, 5) is 36.8. The molecule has 2 aliphatic heterocycles. The van der Waals surface area contributed by atoms with E-state index in [0.29, 0.717) is 24.6 Å². The zero-order valence-electron chi connectivity index (χ0n) is 17.3. The highest BCUT2D eigenvalue weighted by atomic mass is 35.5. The van der Waals surface area contributed by atoms with E-state index in [1.165, 1.54) is 0 Å². The normalized spacial score (nSPS) is 26.2. The van der Waals surface area contributed by atoms with Gasteiger partial charge in [0.2, 0.25) is 15.9 Å². The molecule has 0 spiro atoms. The van der Waals surface area contributed by atoms with Crippen LogP contribution in [-0.4, -0.2) is 64.3 Å². The lowest BCUT2D eigenvalue weighted by atomic mass is 9.88. The van der Waals surface area contributed by atoms with Gasteiger partial charge in [-0.25, -0.2) is 17.7 Å². The third kappa shape index (κ3) is 3.69. The number of rotatable bonds is 5. The maximum Gasteiger partial charge on any atom is 0.274 e. The van der Waals surface area contributed by atoms with Gasteiger partial charge in [-0.05, 0) is 25.2 Å². The van der Waals surface area contributed by atoms with Crippen LogP contribution < -0.4 is 5.73 Å². The van der Waals surface area contributed by atoms with Crippen LogP contribution in [0.2, 0.25) is 0 Å². The third-order valence-corrected chi connectivity index (χ3v) is 7.35. The highest BCUT2D eigenvalue weighted by Crippen LogP contribution is 2.42. The Labute approximate surface area is 182 Å². The highest BCUT2D eigenvalue weighted by Gasteiger charge is 2.58. The quantitative estimate of drug-likeness (QED) is 0.695. The van der Waals surface area contributed by atoms with E-state index in [4.69, 9.17) is 5.73 Å². The van der Waals surface area contributed by atoms with Gasteiger partial charge < -0.3 is 10.6 Å². The predicted molar refractivity (Wildman–Crippen MR) is 112 cm³/mol. The summed E-state index contributed by atoms with van der Waals surface area (Å²) in [7, 11) is -3.71. The number of likely N-dealkylation sites (tertiary alicyclic amines) is 1. The Morgan fingerprint density at radius 2 is 1.97 bits per heavy atom. The van der Waals surface area contributed by atoms with E-state index in [1.807, 2.05) is 13.8 Å². The predicted octanol–water partition coefficient (Wildman–Crippen LogP) is 0.892. The minimum atomic E-state index is -3.71. The zero-order chi connectivity index (χ0) is 21.1. The van der Waals surface area contributed by atoms with Crippen LogP contribution in [0.15, 0.2) is 6.20 Å². The van der Waals surface area contributed by atoms with Crippen LogP contribution in [0.1, 0.15) is 60.9 Å². The zero-order valence-corrected chi connectivity index (χ0v) is 18.9. The lowest BCUT2D eigenvalue weighted by Gasteiger charge is -2.29. The summed E-state index contributed by atoms with van der Waals surface area (Å²) in [6, 6.07) is -1.03. The number of carbonyl (C=O) groups is 2. The number of sulfonamides is 1. The van der Waals surface area contributed by atoms with Crippen molar-refractivity contribution in [2.45, 2.75) is 57.7 Å². The average molecular weight is 458 g/mol. The highest BCUT2D eigenvalue weighted by molar-refractivity contribution is 7.88. The van der Waals surface area contributed by atoms with E-state index in [-0.39, 0.29) is 36.5 Å². The van der Waals surface area contributed by atoms with Crippen molar-refractivity contribution in [3.05, 3.63) is 23.3 Å². The Morgan fingerprint density at radius 3 is 2.50 bits per heavy atom. The summed E-state index contributed by atoms with van der Waals surface area (Å²) in [5.74, 6) is -1.03. The molecule has 1 aromatic heterocycles. The monoisotopic (exact) mass is 457 g/mol. The first-order valence-corrected chi connectivity index (χ1v) is 11.9. The molecule has 0 unspecified atom stereocenters. The summed E-state index contributed by atoms with van der Waals surface area (Å²) >= 11 is 0. The second-order valence-electron chi connectivity index (χ2n) is 8.58. The lowest BCUT2D eigenvalue weighted by Crippen LogP contribution is -2.45. The van der Waals surface area contributed by atoms with Crippen molar-refractivity contribution in [1.29, 1.82) is 0 Å². The number of amides is 2. The van der Waals surface area contributed by atoms with Crippen molar-refractivity contribution in [3.8, 4) is 0 Å². The summed E-state index contributed by atoms with van der Waals surface area (Å²) in [6.45, 7) is 4.22. The molecule has 0 aromatic carbocycles. The molecule has 1 saturated carbocycles. The molecule has 2 amide bonds. The first-order valence-electron chi connectivity index (χ1n) is 10.0. The first-order chi connectivity index (χ1) is 13.6. The first kappa shape index (κ1) is 22.9. The molecule has 3 aliphatic rings. The van der Waals surface area contributed by atoms with Gasteiger partial charge in [-0.3, -0.25) is 14.6 Å². The van der Waals surface area contributed by atoms with Crippen molar-refractivity contribution in [1.82, 2.24) is 19.2 Å². The van der Waals surface area contributed by atoms with Crippen molar-refractivity contribution in [3.63, 3.8) is 0 Å². The Hall–Kier alpha value is -1.78. The summed E-state index contributed by atoms with van der Waals surface area (Å²) in [5, 5.41) is 0. The Bertz CT molecular complexity index is 966. The van der Waals surface area contributed by atoms with Gasteiger partial charge in [-0.2, -0.15) is 0 Å². The Balaban J connectivity index is 0.00000256. The van der Waals surface area contributed by atoms with Gasteiger partial charge in [0.15, 0.2) is 5.69 Å². The van der Waals surface area contributed by atoms with Gasteiger partial charge in [0.25, 0.3) is 5.91 Å². The topological polar surface area (TPSA) is 127 Å². The van der Waals surface area contributed by atoms with Crippen LogP contribution in [0.4, 0.5) is 0 Å². The molecule has 4 rings (SSSR count). The van der Waals surface area contributed by atoms with E-state index in [2.05, 4.69) is 9.97 Å². The maximum atomic E-state index is 13.4. The van der Waals surface area contributed by atoms with E-state index in [1.54, 1.807) is 11.1 Å². The molecule has 30 heavy (non-hydrogen) atoms. The van der Waals surface area contributed by atoms with E-state index in [9.17, 15) is 18.0 Å². The van der Waals surface area contributed by atoms with Crippen LogP contribution in [0.25, 0.3) is 0 Å². The number of hydrogen-bond acceptors (Lipinski definition) is 7. The molecule has 3 heterocycles. The van der Waals surface area contributed by atoms with Crippen molar-refractivity contribution >= 4 is 34.2 Å². The summed E-state index contributed by atoms with van der Waals surface area (Å²) in [5.41, 5.74) is 7.36. The van der Waals surface area contributed by atoms with E-state index in [0.717, 1.165) is 29.1 Å². The van der Waals surface area contributed by atoms with Crippen molar-refractivity contribution in [2.24, 2.45) is 17.6 Å². The van der Waals surface area contributed by atoms with Crippen LogP contribution in [0.5, 0.6) is 0 Å². The summed E-state index contributed by atoms with van der Waals surface area (Å²) < 4.78 is 25.5. The van der Waals surface area contributed by atoms with Gasteiger partial charge in [-0.15, -0.1) is 12.4 Å². The fraction of sp³-hybridized carbons (Fsp3) is 0.684. The Morgan fingerprint density at radius 1 is 1.30 bits per heavy atom. The molecular formula is C19H28ClN5O4S. The van der Waals surface area contributed by atoms with Gasteiger partial charge in [0.05, 0.1) is 35.6 Å². The number of carbonyl (C=O) groups excluding carboxylic acids is 2. The van der Waals surface area contributed by atoms with Crippen LogP contribution in [0, 0.1) is 11.8 Å². The van der Waals surface area contributed by atoms with Crippen molar-refractivity contribution in [2.75, 3.05) is 12.8 Å². The molecule has 0 radical (unpaired) electrons.